The molecule has 1 atom stereocenters. The molecule has 0 aromatic carbocycles. The van der Waals surface area contributed by atoms with Gasteiger partial charge < -0.3 is 10.0 Å². The van der Waals surface area contributed by atoms with Crippen molar-refractivity contribution in [1.82, 2.24) is 9.80 Å². The van der Waals surface area contributed by atoms with Crippen LogP contribution in [0.3, 0.4) is 0 Å². The first-order valence-corrected chi connectivity index (χ1v) is 7.34. The number of amides is 1. The fourth-order valence-corrected chi connectivity index (χ4v) is 3.21. The number of terminal acetylenes is 1. The second kappa shape index (κ2) is 6.93. The molecule has 1 amide bonds. The monoisotopic (exact) mass is 264 g/mol. The average molecular weight is 264 g/mol. The Kier molecular flexibility index (Phi) is 5.24. The van der Waals surface area contributed by atoms with Gasteiger partial charge in [-0.3, -0.25) is 9.69 Å². The fraction of sp³-hybridized carbons (Fsp3) is 0.800. The smallest absolute Gasteiger partial charge is 0.222 e. The van der Waals surface area contributed by atoms with Crippen molar-refractivity contribution in [2.75, 3.05) is 26.2 Å². The number of likely N-dealkylation sites (tertiary alicyclic amines) is 1. The maximum Gasteiger partial charge on any atom is 0.222 e. The van der Waals surface area contributed by atoms with Crippen LogP contribution < -0.4 is 0 Å². The van der Waals surface area contributed by atoms with E-state index in [9.17, 15) is 9.90 Å². The molecule has 1 saturated heterocycles. The van der Waals surface area contributed by atoms with E-state index in [0.29, 0.717) is 32.1 Å². The van der Waals surface area contributed by atoms with Gasteiger partial charge in [-0.1, -0.05) is 18.8 Å². The normalized spacial score (nSPS) is 22.2. The molecule has 0 spiro atoms. The molecular weight excluding hydrogens is 240 g/mol. The molecule has 1 aliphatic carbocycles. The molecule has 1 N–H and O–H groups in total. The van der Waals surface area contributed by atoms with Gasteiger partial charge in [-0.2, -0.15) is 0 Å². The summed E-state index contributed by atoms with van der Waals surface area (Å²) in [5.74, 6) is 2.86. The van der Waals surface area contributed by atoms with E-state index in [1.54, 1.807) is 4.90 Å². The highest BCUT2D eigenvalue weighted by atomic mass is 16.3. The third-order valence-corrected chi connectivity index (χ3v) is 4.18. The van der Waals surface area contributed by atoms with Gasteiger partial charge in [0.25, 0.3) is 0 Å². The van der Waals surface area contributed by atoms with Gasteiger partial charge in [0.05, 0.1) is 12.6 Å². The van der Waals surface area contributed by atoms with E-state index < -0.39 is 6.10 Å². The van der Waals surface area contributed by atoms with Gasteiger partial charge in [-0.05, 0) is 19.3 Å². The highest BCUT2D eigenvalue weighted by Crippen LogP contribution is 2.23. The predicted molar refractivity (Wildman–Crippen MR) is 74.5 cm³/mol. The molecule has 2 fully saturated rings. The summed E-state index contributed by atoms with van der Waals surface area (Å²) in [5, 5.41) is 10.2. The van der Waals surface area contributed by atoms with Crippen LogP contribution in [-0.4, -0.2) is 59.1 Å². The van der Waals surface area contributed by atoms with Crippen molar-refractivity contribution in [3.05, 3.63) is 0 Å². The van der Waals surface area contributed by atoms with Crippen LogP contribution >= 0.6 is 0 Å². The average Bonchev–Trinajstić information content (AvgIpc) is 3.01. The molecule has 1 saturated carbocycles. The Morgan fingerprint density at radius 1 is 1.42 bits per heavy atom. The largest absolute Gasteiger partial charge is 0.390 e. The summed E-state index contributed by atoms with van der Waals surface area (Å²) >= 11 is 0. The maximum atomic E-state index is 11.5. The topological polar surface area (TPSA) is 43.8 Å². The standard InChI is InChI=1S/C15H24N2O2/c1-2-9-16(13-6-3-4-7-13)11-14(18)12-17-10-5-8-15(17)19/h1,13-14,18H,3-12H2. The molecule has 2 rings (SSSR count). The van der Waals surface area contributed by atoms with Crippen molar-refractivity contribution >= 4 is 5.91 Å². The van der Waals surface area contributed by atoms with Gasteiger partial charge in [0, 0.05) is 32.1 Å². The SMILES string of the molecule is C#CCN(CC(O)CN1CCCC1=O)C1CCCC1. The lowest BCUT2D eigenvalue weighted by Crippen LogP contribution is -2.44. The van der Waals surface area contributed by atoms with Crippen LogP contribution in [0.4, 0.5) is 0 Å². The summed E-state index contributed by atoms with van der Waals surface area (Å²) in [7, 11) is 0. The van der Waals surface area contributed by atoms with Crippen molar-refractivity contribution in [3.63, 3.8) is 0 Å². The molecule has 0 radical (unpaired) electrons. The van der Waals surface area contributed by atoms with Gasteiger partial charge in [0.2, 0.25) is 5.91 Å². The number of aliphatic hydroxyl groups is 1. The van der Waals surface area contributed by atoms with Crippen LogP contribution in [0.5, 0.6) is 0 Å². The van der Waals surface area contributed by atoms with E-state index in [2.05, 4.69) is 10.8 Å². The van der Waals surface area contributed by atoms with Crippen molar-refractivity contribution < 1.29 is 9.90 Å². The molecule has 4 heteroatoms. The Labute approximate surface area is 115 Å². The van der Waals surface area contributed by atoms with E-state index in [1.165, 1.54) is 25.7 Å². The van der Waals surface area contributed by atoms with Gasteiger partial charge in [0.1, 0.15) is 0 Å². The number of nitrogens with zero attached hydrogens (tertiary/aromatic N) is 2. The molecule has 0 aromatic rings. The summed E-state index contributed by atoms with van der Waals surface area (Å²) < 4.78 is 0. The van der Waals surface area contributed by atoms with Crippen LogP contribution in [0.25, 0.3) is 0 Å². The summed E-state index contributed by atoms with van der Waals surface area (Å²) in [4.78, 5) is 15.5. The Hall–Kier alpha value is -1.05. The molecule has 1 heterocycles. The van der Waals surface area contributed by atoms with Crippen molar-refractivity contribution in [3.8, 4) is 12.3 Å². The molecule has 4 nitrogen and oxygen atoms in total. The number of rotatable bonds is 6. The van der Waals surface area contributed by atoms with Crippen LogP contribution in [0.2, 0.25) is 0 Å². The number of carbonyl (C=O) groups is 1. The minimum Gasteiger partial charge on any atom is -0.390 e. The summed E-state index contributed by atoms with van der Waals surface area (Å²) in [6.07, 6.45) is 11.3. The maximum absolute atomic E-state index is 11.5. The molecule has 19 heavy (non-hydrogen) atoms. The first kappa shape index (κ1) is 14.4. The Bertz CT molecular complexity index is 345. The highest BCUT2D eigenvalue weighted by molar-refractivity contribution is 5.78. The van der Waals surface area contributed by atoms with E-state index in [-0.39, 0.29) is 5.91 Å². The minimum atomic E-state index is -0.490. The highest BCUT2D eigenvalue weighted by Gasteiger charge is 2.27. The molecule has 0 aromatic heterocycles. The summed E-state index contributed by atoms with van der Waals surface area (Å²) in [6.45, 7) is 2.41. The number of hydrogen-bond acceptors (Lipinski definition) is 3. The predicted octanol–water partition coefficient (Wildman–Crippen LogP) is 0.847. The van der Waals surface area contributed by atoms with Crippen LogP contribution in [0, 0.1) is 12.3 Å². The molecule has 1 unspecified atom stereocenters. The van der Waals surface area contributed by atoms with E-state index in [1.807, 2.05) is 0 Å². The lowest BCUT2D eigenvalue weighted by atomic mass is 10.2. The zero-order valence-electron chi connectivity index (χ0n) is 11.6. The molecule has 106 valence electrons. The van der Waals surface area contributed by atoms with Gasteiger partial charge in [-0.15, -0.1) is 6.42 Å². The fourth-order valence-electron chi connectivity index (χ4n) is 3.21. The van der Waals surface area contributed by atoms with Crippen molar-refractivity contribution in [2.45, 2.75) is 50.7 Å². The number of aliphatic hydroxyl groups excluding tert-OH is 1. The van der Waals surface area contributed by atoms with E-state index in [0.717, 1.165) is 13.0 Å². The second-order valence-electron chi connectivity index (χ2n) is 5.67. The molecule has 0 bridgehead atoms. The third-order valence-electron chi connectivity index (χ3n) is 4.18. The van der Waals surface area contributed by atoms with Gasteiger partial charge in [-0.25, -0.2) is 0 Å². The molecular formula is C15H24N2O2. The Morgan fingerprint density at radius 3 is 2.74 bits per heavy atom. The van der Waals surface area contributed by atoms with Crippen LogP contribution in [0.1, 0.15) is 38.5 Å². The van der Waals surface area contributed by atoms with Crippen LogP contribution in [0.15, 0.2) is 0 Å². The zero-order chi connectivity index (χ0) is 13.7. The summed E-state index contributed by atoms with van der Waals surface area (Å²) in [5.41, 5.74) is 0. The first-order chi connectivity index (χ1) is 9.20. The van der Waals surface area contributed by atoms with E-state index >= 15 is 0 Å². The van der Waals surface area contributed by atoms with Crippen molar-refractivity contribution in [2.24, 2.45) is 0 Å². The van der Waals surface area contributed by atoms with Crippen LogP contribution in [-0.2, 0) is 4.79 Å². The van der Waals surface area contributed by atoms with Crippen molar-refractivity contribution in [1.29, 1.82) is 0 Å². The lowest BCUT2D eigenvalue weighted by molar-refractivity contribution is -0.129. The number of hydrogen-bond donors (Lipinski definition) is 1. The van der Waals surface area contributed by atoms with Gasteiger partial charge in [0.15, 0.2) is 0 Å². The minimum absolute atomic E-state index is 0.170. The Morgan fingerprint density at radius 2 is 2.16 bits per heavy atom. The lowest BCUT2D eigenvalue weighted by Gasteiger charge is -2.30. The third kappa shape index (κ3) is 3.95. The Balaban J connectivity index is 1.82. The second-order valence-corrected chi connectivity index (χ2v) is 5.67. The summed E-state index contributed by atoms with van der Waals surface area (Å²) in [6, 6.07) is 0.514. The first-order valence-electron chi connectivity index (χ1n) is 7.34. The van der Waals surface area contributed by atoms with E-state index in [4.69, 9.17) is 6.42 Å². The zero-order valence-corrected chi connectivity index (χ0v) is 11.6. The molecule has 2 aliphatic rings. The number of carbonyl (C=O) groups excluding carboxylic acids is 1. The quantitative estimate of drug-likeness (QED) is 0.723. The number of β-amino-alcohol motifs (C(OH)–C–C–N with tert-alkyl or cyclic N) is 1. The van der Waals surface area contributed by atoms with Gasteiger partial charge >= 0.3 is 0 Å². The molecule has 1 aliphatic heterocycles.